The first-order chi connectivity index (χ1) is 7.16. The number of aromatic nitrogens is 3. The summed E-state index contributed by atoms with van der Waals surface area (Å²) in [7, 11) is 1.95. The molecule has 4 nitrogen and oxygen atoms in total. The zero-order valence-corrected chi connectivity index (χ0v) is 9.66. The molecule has 0 aliphatic carbocycles. The summed E-state index contributed by atoms with van der Waals surface area (Å²) in [6.07, 6.45) is 4.34. The lowest BCUT2D eigenvalue weighted by Gasteiger charge is -2.10. The van der Waals surface area contributed by atoms with Gasteiger partial charge in [0.05, 0.1) is 28.8 Å². The Hall–Kier alpha value is -1.20. The second-order valence-corrected chi connectivity index (χ2v) is 4.66. The van der Waals surface area contributed by atoms with Crippen LogP contribution < -0.4 is 5.73 Å². The number of aryl methyl sites for hydroxylation is 2. The maximum Gasteiger partial charge on any atom is 0.0946 e. The second kappa shape index (κ2) is 4.12. The SMILES string of the molecule is Cc1nc(CC(N)c2cncn2C)cs1. The summed E-state index contributed by atoms with van der Waals surface area (Å²) in [4.78, 5) is 8.45. The van der Waals surface area contributed by atoms with E-state index < -0.39 is 0 Å². The molecule has 0 radical (unpaired) electrons. The van der Waals surface area contributed by atoms with Crippen LogP contribution in [0.15, 0.2) is 17.9 Å². The maximum absolute atomic E-state index is 6.09. The highest BCUT2D eigenvalue weighted by Gasteiger charge is 2.11. The van der Waals surface area contributed by atoms with Crippen LogP contribution in [0, 0.1) is 6.92 Å². The summed E-state index contributed by atoms with van der Waals surface area (Å²) in [5.41, 5.74) is 8.19. The van der Waals surface area contributed by atoms with Crippen molar-refractivity contribution in [3.05, 3.63) is 34.3 Å². The molecular weight excluding hydrogens is 208 g/mol. The molecule has 0 bridgehead atoms. The lowest BCUT2D eigenvalue weighted by Crippen LogP contribution is -2.16. The number of nitrogens with zero attached hydrogens (tertiary/aromatic N) is 3. The molecule has 0 aliphatic rings. The van der Waals surface area contributed by atoms with E-state index in [-0.39, 0.29) is 6.04 Å². The van der Waals surface area contributed by atoms with Gasteiger partial charge in [-0.15, -0.1) is 11.3 Å². The summed E-state index contributed by atoms with van der Waals surface area (Å²) in [5, 5.41) is 3.15. The van der Waals surface area contributed by atoms with Gasteiger partial charge in [0.25, 0.3) is 0 Å². The molecule has 1 unspecified atom stereocenters. The van der Waals surface area contributed by atoms with Gasteiger partial charge in [-0.25, -0.2) is 9.97 Å². The molecular formula is C10H14N4S. The van der Waals surface area contributed by atoms with Crippen LogP contribution in [0.1, 0.15) is 22.4 Å². The molecule has 0 spiro atoms. The van der Waals surface area contributed by atoms with Crippen LogP contribution in [0.2, 0.25) is 0 Å². The van der Waals surface area contributed by atoms with E-state index in [1.165, 1.54) is 0 Å². The van der Waals surface area contributed by atoms with Crippen LogP contribution in [-0.4, -0.2) is 14.5 Å². The molecule has 2 rings (SSSR count). The maximum atomic E-state index is 6.09. The fraction of sp³-hybridized carbons (Fsp3) is 0.400. The third kappa shape index (κ3) is 2.24. The van der Waals surface area contributed by atoms with Gasteiger partial charge in [-0.3, -0.25) is 0 Å². The summed E-state index contributed by atoms with van der Waals surface area (Å²) >= 11 is 1.66. The first-order valence-corrected chi connectivity index (χ1v) is 5.67. The van der Waals surface area contributed by atoms with E-state index in [0.29, 0.717) is 0 Å². The third-order valence-electron chi connectivity index (χ3n) is 2.33. The zero-order chi connectivity index (χ0) is 10.8. The minimum atomic E-state index is -0.0287. The topological polar surface area (TPSA) is 56.7 Å². The van der Waals surface area contributed by atoms with Crippen molar-refractivity contribution in [1.29, 1.82) is 0 Å². The van der Waals surface area contributed by atoms with E-state index in [0.717, 1.165) is 22.8 Å². The van der Waals surface area contributed by atoms with Gasteiger partial charge in [-0.2, -0.15) is 0 Å². The molecule has 2 heterocycles. The zero-order valence-electron chi connectivity index (χ0n) is 8.84. The fourth-order valence-electron chi connectivity index (χ4n) is 1.56. The molecule has 2 aromatic heterocycles. The molecule has 0 saturated heterocycles. The van der Waals surface area contributed by atoms with Gasteiger partial charge < -0.3 is 10.3 Å². The second-order valence-electron chi connectivity index (χ2n) is 3.60. The van der Waals surface area contributed by atoms with Crippen LogP contribution in [0.5, 0.6) is 0 Å². The van der Waals surface area contributed by atoms with Crippen molar-refractivity contribution in [1.82, 2.24) is 14.5 Å². The molecule has 0 amide bonds. The summed E-state index contributed by atoms with van der Waals surface area (Å²) in [6, 6.07) is -0.0287. The molecule has 0 aliphatic heterocycles. The van der Waals surface area contributed by atoms with Crippen LogP contribution in [0.4, 0.5) is 0 Å². The minimum absolute atomic E-state index is 0.0287. The van der Waals surface area contributed by atoms with E-state index in [1.54, 1.807) is 17.7 Å². The van der Waals surface area contributed by atoms with Crippen molar-refractivity contribution in [3.63, 3.8) is 0 Å². The highest BCUT2D eigenvalue weighted by Crippen LogP contribution is 2.16. The fourth-order valence-corrected chi connectivity index (χ4v) is 2.18. The summed E-state index contributed by atoms with van der Waals surface area (Å²) < 4.78 is 1.95. The number of hydrogen-bond donors (Lipinski definition) is 1. The van der Waals surface area contributed by atoms with Gasteiger partial charge in [0.2, 0.25) is 0 Å². The van der Waals surface area contributed by atoms with E-state index in [2.05, 4.69) is 15.3 Å². The third-order valence-corrected chi connectivity index (χ3v) is 3.15. The normalized spacial score (nSPS) is 13.0. The quantitative estimate of drug-likeness (QED) is 0.854. The predicted octanol–water partition coefficient (Wildman–Crippen LogP) is 1.43. The Morgan fingerprint density at radius 2 is 2.40 bits per heavy atom. The van der Waals surface area contributed by atoms with Crippen LogP contribution >= 0.6 is 11.3 Å². The van der Waals surface area contributed by atoms with Crippen molar-refractivity contribution < 1.29 is 0 Å². The highest BCUT2D eigenvalue weighted by molar-refractivity contribution is 7.09. The Morgan fingerprint density at radius 3 is 2.93 bits per heavy atom. The van der Waals surface area contributed by atoms with Crippen molar-refractivity contribution in [2.75, 3.05) is 0 Å². The Labute approximate surface area is 92.8 Å². The molecule has 0 fully saturated rings. The summed E-state index contributed by atoms with van der Waals surface area (Å²) in [5.74, 6) is 0. The van der Waals surface area contributed by atoms with Gasteiger partial charge in [0.1, 0.15) is 0 Å². The molecule has 1 atom stereocenters. The number of nitrogens with two attached hydrogens (primary N) is 1. The first-order valence-electron chi connectivity index (χ1n) is 4.79. The lowest BCUT2D eigenvalue weighted by atomic mass is 10.1. The predicted molar refractivity (Wildman–Crippen MR) is 60.7 cm³/mol. The number of thiazole rings is 1. The standard InChI is InChI=1S/C10H14N4S/c1-7-13-8(5-15-7)3-9(11)10-4-12-6-14(10)2/h4-6,9H,3,11H2,1-2H3. The average molecular weight is 222 g/mol. The first kappa shape index (κ1) is 10.3. The van der Waals surface area contributed by atoms with E-state index in [1.807, 2.05) is 24.7 Å². The average Bonchev–Trinajstić information content (AvgIpc) is 2.75. The number of imidazole rings is 1. The van der Waals surface area contributed by atoms with Gasteiger partial charge in [0, 0.05) is 25.0 Å². The largest absolute Gasteiger partial charge is 0.336 e. The van der Waals surface area contributed by atoms with Gasteiger partial charge in [-0.05, 0) is 6.92 Å². The Balaban J connectivity index is 2.10. The van der Waals surface area contributed by atoms with E-state index in [4.69, 9.17) is 5.73 Å². The monoisotopic (exact) mass is 222 g/mol. The molecule has 2 aromatic rings. The molecule has 0 aromatic carbocycles. The lowest BCUT2D eigenvalue weighted by molar-refractivity contribution is 0.648. The van der Waals surface area contributed by atoms with Gasteiger partial charge >= 0.3 is 0 Å². The van der Waals surface area contributed by atoms with E-state index >= 15 is 0 Å². The number of hydrogen-bond acceptors (Lipinski definition) is 4. The molecule has 5 heteroatoms. The minimum Gasteiger partial charge on any atom is -0.336 e. The van der Waals surface area contributed by atoms with Crippen LogP contribution in [0.3, 0.4) is 0 Å². The Kier molecular flexibility index (Phi) is 2.83. The van der Waals surface area contributed by atoms with Gasteiger partial charge in [0.15, 0.2) is 0 Å². The van der Waals surface area contributed by atoms with E-state index in [9.17, 15) is 0 Å². The Bertz CT molecular complexity index is 446. The Morgan fingerprint density at radius 1 is 1.60 bits per heavy atom. The van der Waals surface area contributed by atoms with Gasteiger partial charge in [-0.1, -0.05) is 0 Å². The molecule has 2 N–H and O–H groups in total. The van der Waals surface area contributed by atoms with Crippen molar-refractivity contribution in [3.8, 4) is 0 Å². The highest BCUT2D eigenvalue weighted by atomic mass is 32.1. The van der Waals surface area contributed by atoms with Crippen molar-refractivity contribution in [2.45, 2.75) is 19.4 Å². The summed E-state index contributed by atoms with van der Waals surface area (Å²) in [6.45, 7) is 2.00. The number of rotatable bonds is 3. The molecule has 0 saturated carbocycles. The van der Waals surface area contributed by atoms with Crippen molar-refractivity contribution in [2.24, 2.45) is 12.8 Å². The molecule has 80 valence electrons. The van der Waals surface area contributed by atoms with Crippen LogP contribution in [-0.2, 0) is 13.5 Å². The smallest absolute Gasteiger partial charge is 0.0946 e. The van der Waals surface area contributed by atoms with Crippen LogP contribution in [0.25, 0.3) is 0 Å². The molecule has 15 heavy (non-hydrogen) atoms. The van der Waals surface area contributed by atoms with Crippen molar-refractivity contribution >= 4 is 11.3 Å².